The van der Waals surface area contributed by atoms with E-state index in [0.29, 0.717) is 54.1 Å². The molecular formula is C29H47LrO5-. The Bertz CT molecular complexity index is 768. The number of carbonyl (C=O) groups is 1. The number of hydrogen-bond acceptors (Lipinski definition) is 4. The number of carboxylic acid groups (broad SMARTS) is 1. The van der Waals surface area contributed by atoms with Crippen molar-refractivity contribution in [3.63, 3.8) is 0 Å². The molecule has 2 N–H and O–H groups in total. The first-order valence-corrected chi connectivity index (χ1v) is 14.1. The number of aliphatic carboxylic acids is 1. The van der Waals surface area contributed by atoms with E-state index in [1.807, 2.05) is 6.92 Å². The quantitative estimate of drug-likeness (QED) is 0.308. The Morgan fingerprint density at radius 2 is 1.69 bits per heavy atom. The van der Waals surface area contributed by atoms with E-state index >= 15 is 0 Å². The van der Waals surface area contributed by atoms with Crippen molar-refractivity contribution in [1.29, 1.82) is 0 Å². The summed E-state index contributed by atoms with van der Waals surface area (Å²) in [6, 6.07) is 0. The van der Waals surface area contributed by atoms with Crippen molar-refractivity contribution in [2.75, 3.05) is 13.2 Å². The summed E-state index contributed by atoms with van der Waals surface area (Å²) in [4.78, 5) is 11.2. The molecule has 5 aliphatic rings. The van der Waals surface area contributed by atoms with Gasteiger partial charge in [-0.2, -0.15) is 12.5 Å². The Hall–Kier alpha value is -1.65. The molecule has 9 atom stereocenters. The number of hydrogen-bond donors (Lipinski definition) is 2. The van der Waals surface area contributed by atoms with Crippen molar-refractivity contribution in [3.8, 4) is 0 Å². The van der Waals surface area contributed by atoms with Gasteiger partial charge < -0.3 is 19.7 Å². The molecule has 35 heavy (non-hydrogen) atoms. The van der Waals surface area contributed by atoms with E-state index in [1.165, 1.54) is 25.7 Å². The van der Waals surface area contributed by atoms with Gasteiger partial charge in [0, 0.05) is 12.8 Å². The van der Waals surface area contributed by atoms with Gasteiger partial charge in [0.1, 0.15) is 0 Å². The van der Waals surface area contributed by atoms with Crippen LogP contribution in [-0.4, -0.2) is 35.2 Å². The molecule has 1 spiro atoms. The van der Waals surface area contributed by atoms with Crippen LogP contribution in [0.5, 0.6) is 0 Å². The molecule has 5 fully saturated rings. The summed E-state index contributed by atoms with van der Waals surface area (Å²) < 4.78 is 12.2. The van der Waals surface area contributed by atoms with Crippen LogP contribution in [0.15, 0.2) is 0 Å². The minimum Gasteiger partial charge on any atom is -0.563 e. The van der Waals surface area contributed by atoms with Gasteiger partial charge in [-0.15, -0.1) is 5.92 Å². The first kappa shape index (κ1) is 26.4. The van der Waals surface area contributed by atoms with Gasteiger partial charge >= 0.3 is 5.97 Å². The molecule has 5 rings (SSSR count). The molecule has 1 heterocycles. The van der Waals surface area contributed by atoms with Gasteiger partial charge in [-0.3, -0.25) is 4.79 Å². The fraction of sp³-hybridized carbons (Fsp3) is 0.931. The van der Waals surface area contributed by atoms with Crippen LogP contribution in [0.2, 0.25) is 0 Å². The molecule has 0 aromatic rings. The number of ether oxygens (including phenoxy) is 2. The second-order valence-corrected chi connectivity index (χ2v) is 13.3. The fourth-order valence-electron chi connectivity index (χ4n) is 9.71. The van der Waals surface area contributed by atoms with Gasteiger partial charge in [0.2, 0.25) is 0 Å². The number of carboxylic acids is 1. The summed E-state index contributed by atoms with van der Waals surface area (Å²) >= 11 is 0. The van der Waals surface area contributed by atoms with Gasteiger partial charge in [0.15, 0.2) is 5.79 Å². The van der Waals surface area contributed by atoms with Crippen molar-refractivity contribution in [2.45, 2.75) is 104 Å². The summed E-state index contributed by atoms with van der Waals surface area (Å²) in [6.07, 6.45) is 12.6. The summed E-state index contributed by atoms with van der Waals surface area (Å²) in [5.74, 6) is 1.98. The fourth-order valence-corrected chi connectivity index (χ4v) is 9.71. The summed E-state index contributed by atoms with van der Waals surface area (Å²) in [5, 5.41) is 20.7. The molecular weight excluding hydrogens is 690 g/mol. The summed E-state index contributed by atoms with van der Waals surface area (Å²) in [6.45, 7) is 10.7. The number of aliphatic hydroxyl groups excluding tert-OH is 1. The van der Waals surface area contributed by atoms with Crippen LogP contribution in [0.1, 0.15) is 98.3 Å². The van der Waals surface area contributed by atoms with Crippen LogP contribution >= 0.6 is 0 Å². The van der Waals surface area contributed by atoms with Crippen molar-refractivity contribution in [1.82, 2.24) is 0 Å². The Labute approximate surface area is 206 Å². The maximum absolute atomic E-state index is 11.5. The molecule has 0 bridgehead atoms. The molecule has 1 radical (unpaired) electrons. The molecule has 1 unspecified atom stereocenters. The molecule has 1 aliphatic heterocycles. The average molecular weight is 738 g/mol. The molecule has 6 heteroatoms. The third kappa shape index (κ3) is 4.19. The standard InChI is InChI=1S/C29H47O5.Lr/c1-18(6-5-7-19(2)26(31)32)21-8-9-22-25-23(10-11-28(21,22)4)27(3)12-13-29(33-14-15-34-29)17-20(27)16-24(25)30;/h18-23,25,30H,5-17H2,1-4H3,(H,31,32);/q-1;/t18-,19-,20+,21-,22?,23+,25+,27+,28-;/m1./s1. The third-order valence-corrected chi connectivity index (χ3v) is 11.8. The van der Waals surface area contributed by atoms with E-state index in [1.54, 1.807) is 0 Å². The minimum absolute atomic E-state index is 0. The zero-order chi connectivity index (χ0) is 24.3. The molecule has 4 aliphatic carbocycles. The zero-order valence-corrected chi connectivity index (χ0v) is 24.3. The minimum atomic E-state index is -0.673. The number of rotatable bonds is 6. The topological polar surface area (TPSA) is 76.0 Å². The first-order chi connectivity index (χ1) is 16.1. The molecule has 5 nitrogen and oxygen atoms in total. The van der Waals surface area contributed by atoms with Gasteiger partial charge in [-0.1, -0.05) is 71.1 Å². The maximum atomic E-state index is 11.5. The van der Waals surface area contributed by atoms with E-state index < -0.39 is 5.97 Å². The van der Waals surface area contributed by atoms with Crippen molar-refractivity contribution in [2.24, 2.45) is 52.3 Å². The average Bonchev–Trinajstić information content (AvgIpc) is 3.39. The third-order valence-electron chi connectivity index (χ3n) is 11.8. The normalized spacial score (nSPS) is 44.1. The molecule has 1 saturated heterocycles. The van der Waals surface area contributed by atoms with Crippen molar-refractivity contribution < 1.29 is 24.5 Å². The van der Waals surface area contributed by atoms with Crippen LogP contribution in [0, 0.1) is 58.4 Å². The largest absolute Gasteiger partial charge is 0.563 e. The van der Waals surface area contributed by atoms with Crippen LogP contribution in [0.4, 0.5) is 0 Å². The second kappa shape index (κ2) is 9.34. The van der Waals surface area contributed by atoms with E-state index in [0.717, 1.165) is 51.0 Å². The van der Waals surface area contributed by atoms with Gasteiger partial charge in [0.25, 0.3) is 0 Å². The van der Waals surface area contributed by atoms with Crippen LogP contribution < -0.4 is 0 Å². The van der Waals surface area contributed by atoms with E-state index in [-0.39, 0.29) is 17.1 Å². The van der Waals surface area contributed by atoms with E-state index in [4.69, 9.17) is 9.47 Å². The molecule has 209 valence electrons. The number of fused-ring (bicyclic) bond motifs is 5. The van der Waals surface area contributed by atoms with Crippen LogP contribution in [0.25, 0.3) is 0 Å². The van der Waals surface area contributed by atoms with Gasteiger partial charge in [0.05, 0.1) is 19.1 Å². The van der Waals surface area contributed by atoms with Crippen LogP contribution in [0.3, 0.4) is 0 Å². The first-order valence-electron chi connectivity index (χ1n) is 14.1. The van der Waals surface area contributed by atoms with E-state index in [9.17, 15) is 15.0 Å². The second-order valence-electron chi connectivity index (χ2n) is 13.3. The summed E-state index contributed by atoms with van der Waals surface area (Å²) in [7, 11) is 0. The van der Waals surface area contributed by atoms with Crippen LogP contribution in [-0.2, 0) is 14.3 Å². The van der Waals surface area contributed by atoms with Crippen molar-refractivity contribution >= 4 is 5.97 Å². The Balaban J connectivity index is 0.00000289. The predicted molar refractivity (Wildman–Crippen MR) is 130 cm³/mol. The monoisotopic (exact) mass is 737 g/mol. The molecule has 0 aromatic carbocycles. The van der Waals surface area contributed by atoms with Gasteiger partial charge in [-0.05, 0) is 48.3 Å². The Morgan fingerprint density at radius 1 is 1.00 bits per heavy atom. The zero-order valence-electron chi connectivity index (χ0n) is 22.1. The molecule has 4 saturated carbocycles. The number of aliphatic hydroxyl groups is 1. The molecule has 0 amide bonds. The molecule has 0 aromatic heterocycles. The Kier molecular flexibility index (Phi) is 7.05. The summed E-state index contributed by atoms with van der Waals surface area (Å²) in [5.41, 5.74) is 0.569. The Morgan fingerprint density at radius 3 is 2.37 bits per heavy atom. The SMILES string of the molecule is C[C@H](CCC[C@@H](C)[C@H]1CCC2[C@@H]3[C-](O)C[C@H]4CC5(CC[C@]4(C)[C@H]3CC[C@@]21C)OCCO5)C(=O)O.[Lr]. The maximum Gasteiger partial charge on any atom is 0.306 e. The van der Waals surface area contributed by atoms with Crippen molar-refractivity contribution in [3.05, 3.63) is 6.10 Å². The van der Waals surface area contributed by atoms with Gasteiger partial charge in [-0.25, -0.2) is 0 Å². The predicted octanol–water partition coefficient (Wildman–Crippen LogP) is 6.43. The van der Waals surface area contributed by atoms with E-state index in [2.05, 4.69) is 20.8 Å². The smallest absolute Gasteiger partial charge is 0.306 e.